The third-order valence-corrected chi connectivity index (χ3v) is 7.60. The summed E-state index contributed by atoms with van der Waals surface area (Å²) in [5, 5.41) is 0. The summed E-state index contributed by atoms with van der Waals surface area (Å²) in [6.45, 7) is 18.1. The van der Waals surface area contributed by atoms with Crippen LogP contribution in [0.5, 0.6) is 0 Å². The molecule has 0 spiro atoms. The van der Waals surface area contributed by atoms with Gasteiger partial charge >= 0.3 is 0 Å². The summed E-state index contributed by atoms with van der Waals surface area (Å²) < 4.78 is 5.62. The first-order valence-corrected chi connectivity index (χ1v) is 13.1. The lowest BCUT2D eigenvalue weighted by molar-refractivity contribution is 0.114. The van der Waals surface area contributed by atoms with Gasteiger partial charge in [-0.3, -0.25) is 9.80 Å². The van der Waals surface area contributed by atoms with E-state index in [4.69, 9.17) is 4.43 Å². The molecule has 0 N–H and O–H groups in total. The van der Waals surface area contributed by atoms with Crippen LogP contribution >= 0.6 is 0 Å². The molecule has 148 valence electrons. The molecular formula is C20H44N2OSi2. The van der Waals surface area contributed by atoms with Gasteiger partial charge in [-0.25, -0.2) is 0 Å². The molecule has 4 radical (unpaired) electrons. The second kappa shape index (κ2) is 17.7. The van der Waals surface area contributed by atoms with Crippen LogP contribution in [0, 0.1) is 0 Å². The van der Waals surface area contributed by atoms with Gasteiger partial charge in [-0.1, -0.05) is 72.3 Å². The van der Waals surface area contributed by atoms with Crippen LogP contribution in [0.15, 0.2) is 0 Å². The van der Waals surface area contributed by atoms with E-state index in [2.05, 4.69) is 51.3 Å². The highest BCUT2D eigenvalue weighted by atomic mass is 28.2. The molecular weight excluding hydrogens is 340 g/mol. The fourth-order valence-electron chi connectivity index (χ4n) is 3.11. The number of nitrogens with zero attached hydrogens (tertiary/aromatic N) is 2. The van der Waals surface area contributed by atoms with Crippen molar-refractivity contribution in [1.29, 1.82) is 0 Å². The molecule has 0 bridgehead atoms. The van der Waals surface area contributed by atoms with Crippen LogP contribution in [-0.4, -0.2) is 67.2 Å². The van der Waals surface area contributed by atoms with E-state index in [9.17, 15) is 0 Å². The van der Waals surface area contributed by atoms with E-state index < -0.39 is 0 Å². The van der Waals surface area contributed by atoms with Crippen LogP contribution in [0.3, 0.4) is 0 Å². The molecule has 0 unspecified atom stereocenters. The third kappa shape index (κ3) is 13.2. The van der Waals surface area contributed by atoms with Crippen LogP contribution in [0.4, 0.5) is 0 Å². The second-order valence-corrected chi connectivity index (χ2v) is 9.40. The van der Waals surface area contributed by atoms with E-state index in [1.807, 2.05) is 0 Å². The minimum atomic E-state index is 0.399. The van der Waals surface area contributed by atoms with E-state index >= 15 is 0 Å². The van der Waals surface area contributed by atoms with Crippen molar-refractivity contribution < 1.29 is 4.43 Å². The molecule has 0 aliphatic rings. The molecule has 0 aromatic rings. The maximum Gasteiger partial charge on any atom is 0.230 e. The molecule has 0 atom stereocenters. The molecule has 0 aliphatic carbocycles. The Morgan fingerprint density at radius 2 is 1.12 bits per heavy atom. The zero-order valence-electron chi connectivity index (χ0n) is 17.9. The lowest BCUT2D eigenvalue weighted by Gasteiger charge is -2.38. The lowest BCUT2D eigenvalue weighted by Crippen LogP contribution is -2.51. The van der Waals surface area contributed by atoms with Crippen molar-refractivity contribution in [1.82, 2.24) is 9.80 Å². The third-order valence-electron chi connectivity index (χ3n) is 4.67. The zero-order valence-corrected chi connectivity index (χ0v) is 19.9. The Bertz CT molecular complexity index is 260. The van der Waals surface area contributed by atoms with Gasteiger partial charge in [0.05, 0.1) is 9.52 Å². The van der Waals surface area contributed by atoms with Crippen LogP contribution < -0.4 is 0 Å². The number of rotatable bonds is 18. The van der Waals surface area contributed by atoms with Gasteiger partial charge in [-0.2, -0.15) is 0 Å². The molecule has 0 rings (SSSR count). The summed E-state index contributed by atoms with van der Waals surface area (Å²) in [4.78, 5) is 5.29. The summed E-state index contributed by atoms with van der Waals surface area (Å²) in [5.74, 6) is 0.673. The molecule has 0 fully saturated rings. The van der Waals surface area contributed by atoms with Crippen molar-refractivity contribution in [3.8, 4) is 0 Å². The number of hydrogen-bond donors (Lipinski definition) is 0. The molecule has 0 aliphatic heterocycles. The van der Waals surface area contributed by atoms with E-state index in [1.165, 1.54) is 76.8 Å². The molecule has 5 heteroatoms. The molecule has 3 nitrogen and oxygen atoms in total. The Morgan fingerprint density at radius 3 is 1.56 bits per heavy atom. The highest BCUT2D eigenvalue weighted by Gasteiger charge is 2.20. The predicted molar refractivity (Wildman–Crippen MR) is 115 cm³/mol. The molecule has 0 saturated heterocycles. The largest absolute Gasteiger partial charge is 0.415 e. The van der Waals surface area contributed by atoms with Crippen LogP contribution in [0.25, 0.3) is 0 Å². The summed E-state index contributed by atoms with van der Waals surface area (Å²) in [6.07, 6.45) is 8.79. The normalized spacial score (nSPS) is 12.2. The predicted octanol–water partition coefficient (Wildman–Crippen LogP) is 4.88. The molecule has 0 amide bonds. The quantitative estimate of drug-likeness (QED) is 0.190. The fourth-order valence-corrected chi connectivity index (χ4v) is 5.92. The van der Waals surface area contributed by atoms with Crippen molar-refractivity contribution in [3.05, 3.63) is 0 Å². The summed E-state index contributed by atoms with van der Waals surface area (Å²) >= 11 is 0. The lowest BCUT2D eigenvalue weighted by atomic mass is 10.1. The van der Waals surface area contributed by atoms with Gasteiger partial charge in [-0.15, -0.1) is 0 Å². The molecule has 0 saturated carbocycles. The van der Waals surface area contributed by atoms with Gasteiger partial charge in [0.15, 0.2) is 0 Å². The average Bonchev–Trinajstić information content (AvgIpc) is 2.60. The van der Waals surface area contributed by atoms with E-state index in [1.54, 1.807) is 0 Å². The fraction of sp³-hybridized carbons (Fsp3) is 1.00. The highest BCUT2D eigenvalue weighted by Crippen LogP contribution is 2.12. The van der Waals surface area contributed by atoms with Crippen molar-refractivity contribution >= 4 is 19.3 Å². The van der Waals surface area contributed by atoms with E-state index in [0.29, 0.717) is 21.7 Å². The standard InChI is InChI=1S/C20H44N2OSi2/c1-7-21(8-2)20(22(9-3)10-4)24-17-15-13-11-12-14-16-18-25-23-19(5)6/h19-20H,7-18H2,1-6H3. The van der Waals surface area contributed by atoms with Crippen LogP contribution in [0.2, 0.25) is 12.1 Å². The van der Waals surface area contributed by atoms with Gasteiger partial charge in [0.1, 0.15) is 0 Å². The Labute approximate surface area is 164 Å². The summed E-state index contributed by atoms with van der Waals surface area (Å²) in [7, 11) is 1.76. The molecule has 0 aromatic heterocycles. The minimum Gasteiger partial charge on any atom is -0.415 e. The van der Waals surface area contributed by atoms with Gasteiger partial charge in [0.25, 0.3) is 0 Å². The Morgan fingerprint density at radius 1 is 0.680 bits per heavy atom. The number of unbranched alkanes of at least 4 members (excludes halogenated alkanes) is 5. The van der Waals surface area contributed by atoms with Gasteiger partial charge in [-0.05, 0) is 46.1 Å². The first-order chi connectivity index (χ1) is 12.1. The second-order valence-electron chi connectivity index (χ2n) is 6.95. The smallest absolute Gasteiger partial charge is 0.230 e. The summed E-state index contributed by atoms with van der Waals surface area (Å²) in [6, 6.07) is 2.66. The first-order valence-electron chi connectivity index (χ1n) is 10.7. The maximum absolute atomic E-state index is 5.62. The average molecular weight is 385 g/mol. The van der Waals surface area contributed by atoms with Crippen molar-refractivity contribution in [2.24, 2.45) is 0 Å². The van der Waals surface area contributed by atoms with E-state index in [-0.39, 0.29) is 0 Å². The molecule has 25 heavy (non-hydrogen) atoms. The monoisotopic (exact) mass is 384 g/mol. The first kappa shape index (κ1) is 25.3. The van der Waals surface area contributed by atoms with Crippen LogP contribution in [0.1, 0.15) is 80.1 Å². The van der Waals surface area contributed by atoms with Crippen molar-refractivity contribution in [3.63, 3.8) is 0 Å². The zero-order chi connectivity index (χ0) is 18.9. The van der Waals surface area contributed by atoms with Crippen molar-refractivity contribution in [2.75, 3.05) is 26.2 Å². The van der Waals surface area contributed by atoms with E-state index in [0.717, 1.165) is 9.52 Å². The summed E-state index contributed by atoms with van der Waals surface area (Å²) in [5.41, 5.74) is 0. The molecule has 0 aromatic carbocycles. The molecule has 0 heterocycles. The van der Waals surface area contributed by atoms with Crippen LogP contribution in [-0.2, 0) is 4.43 Å². The maximum atomic E-state index is 5.62. The van der Waals surface area contributed by atoms with Gasteiger partial charge in [0, 0.05) is 11.9 Å². The van der Waals surface area contributed by atoms with Crippen molar-refractivity contribution in [2.45, 2.75) is 104 Å². The minimum absolute atomic E-state index is 0.399. The topological polar surface area (TPSA) is 15.7 Å². The number of hydrogen-bond acceptors (Lipinski definition) is 3. The van der Waals surface area contributed by atoms with Gasteiger partial charge in [0.2, 0.25) is 9.76 Å². The SMILES string of the molecule is CCN(CC)C([Si]CCCCCCCC[Si]OC(C)C)N(CC)CC. The highest BCUT2D eigenvalue weighted by molar-refractivity contribution is 6.37. The Balaban J connectivity index is 3.74. The Hall–Kier alpha value is 0.314. The Kier molecular flexibility index (Phi) is 17.9. The van der Waals surface area contributed by atoms with Gasteiger partial charge < -0.3 is 4.43 Å².